The summed E-state index contributed by atoms with van der Waals surface area (Å²) in [5.74, 6) is -1.20. The summed E-state index contributed by atoms with van der Waals surface area (Å²) in [6, 6.07) is 10.9. The second kappa shape index (κ2) is 7.55. The predicted molar refractivity (Wildman–Crippen MR) is 111 cm³/mol. The van der Waals surface area contributed by atoms with Crippen molar-refractivity contribution in [3.05, 3.63) is 71.1 Å². The van der Waals surface area contributed by atoms with Gasteiger partial charge in [0, 0.05) is 24.3 Å². The van der Waals surface area contributed by atoms with E-state index in [0.717, 1.165) is 56.5 Å². The number of benzene rings is 2. The molecule has 7 heteroatoms. The zero-order valence-electron chi connectivity index (χ0n) is 16.5. The molecule has 0 unspecified atom stereocenters. The van der Waals surface area contributed by atoms with E-state index in [0.29, 0.717) is 17.1 Å². The van der Waals surface area contributed by atoms with Crippen molar-refractivity contribution < 1.29 is 13.6 Å². The number of amides is 1. The lowest BCUT2D eigenvalue weighted by Crippen LogP contribution is -2.22. The molecule has 1 aromatic heterocycles. The maximum Gasteiger partial charge on any atom is 0.276 e. The SMILES string of the molecule is O=C(Nc1c(F)cccc1N1CCCC1)c1nn(-c2ccc(F)cc2)c2c1CCC2. The molecule has 1 fully saturated rings. The number of carbonyl (C=O) groups excluding carboxylic acids is 1. The Kier molecular flexibility index (Phi) is 4.73. The summed E-state index contributed by atoms with van der Waals surface area (Å²) < 4.78 is 29.7. The van der Waals surface area contributed by atoms with Gasteiger partial charge in [0.15, 0.2) is 5.69 Å². The average molecular weight is 408 g/mol. The van der Waals surface area contributed by atoms with E-state index < -0.39 is 11.7 Å². The van der Waals surface area contributed by atoms with E-state index in [9.17, 15) is 13.6 Å². The largest absolute Gasteiger partial charge is 0.370 e. The number of hydrogen-bond donors (Lipinski definition) is 1. The van der Waals surface area contributed by atoms with Crippen molar-refractivity contribution in [2.24, 2.45) is 0 Å². The van der Waals surface area contributed by atoms with E-state index in [-0.39, 0.29) is 11.5 Å². The van der Waals surface area contributed by atoms with Crippen LogP contribution in [0.25, 0.3) is 5.69 Å². The number of fused-ring (bicyclic) bond motifs is 1. The van der Waals surface area contributed by atoms with Gasteiger partial charge in [-0.1, -0.05) is 6.07 Å². The summed E-state index contributed by atoms with van der Waals surface area (Å²) in [5, 5.41) is 7.31. The highest BCUT2D eigenvalue weighted by molar-refractivity contribution is 6.06. The van der Waals surface area contributed by atoms with Gasteiger partial charge in [-0.25, -0.2) is 13.5 Å². The van der Waals surface area contributed by atoms with Gasteiger partial charge in [0.2, 0.25) is 0 Å². The van der Waals surface area contributed by atoms with Crippen LogP contribution in [0.5, 0.6) is 0 Å². The van der Waals surface area contributed by atoms with Gasteiger partial charge in [0.05, 0.1) is 11.4 Å². The number of nitrogens with one attached hydrogen (secondary N) is 1. The van der Waals surface area contributed by atoms with Gasteiger partial charge < -0.3 is 10.2 Å². The van der Waals surface area contributed by atoms with Crippen molar-refractivity contribution >= 4 is 17.3 Å². The molecule has 5 rings (SSSR count). The van der Waals surface area contributed by atoms with Crippen LogP contribution < -0.4 is 10.2 Å². The lowest BCUT2D eigenvalue weighted by Gasteiger charge is -2.21. The molecule has 1 aliphatic carbocycles. The van der Waals surface area contributed by atoms with Gasteiger partial charge >= 0.3 is 0 Å². The lowest BCUT2D eigenvalue weighted by molar-refractivity contribution is 0.102. The van der Waals surface area contributed by atoms with Gasteiger partial charge in [-0.3, -0.25) is 4.79 Å². The fourth-order valence-electron chi connectivity index (χ4n) is 4.45. The second-order valence-corrected chi connectivity index (χ2v) is 7.80. The van der Waals surface area contributed by atoms with Crippen LogP contribution in [0.4, 0.5) is 20.2 Å². The Hall–Kier alpha value is -3.22. The van der Waals surface area contributed by atoms with Crippen molar-refractivity contribution in [2.75, 3.05) is 23.3 Å². The summed E-state index contributed by atoms with van der Waals surface area (Å²) in [5.41, 5.74) is 3.76. The van der Waals surface area contributed by atoms with Gasteiger partial charge in [-0.15, -0.1) is 0 Å². The maximum atomic E-state index is 14.7. The Morgan fingerprint density at radius 1 is 0.967 bits per heavy atom. The van der Waals surface area contributed by atoms with Gasteiger partial charge in [0.25, 0.3) is 5.91 Å². The Morgan fingerprint density at radius 3 is 2.50 bits per heavy atom. The van der Waals surface area contributed by atoms with Gasteiger partial charge in [-0.2, -0.15) is 5.10 Å². The van der Waals surface area contributed by atoms with Crippen LogP contribution in [0.15, 0.2) is 42.5 Å². The monoisotopic (exact) mass is 408 g/mol. The number of aromatic nitrogens is 2. The van der Waals surface area contributed by atoms with E-state index in [1.807, 2.05) is 6.07 Å². The zero-order valence-corrected chi connectivity index (χ0v) is 16.5. The third kappa shape index (κ3) is 3.24. The molecule has 0 atom stereocenters. The first-order chi connectivity index (χ1) is 14.6. The lowest BCUT2D eigenvalue weighted by atomic mass is 10.1. The molecule has 1 saturated heterocycles. The number of anilines is 2. The zero-order chi connectivity index (χ0) is 20.7. The minimum atomic E-state index is -0.456. The van der Waals surface area contributed by atoms with Crippen LogP contribution in [0, 0.1) is 11.6 Å². The predicted octanol–water partition coefficient (Wildman–Crippen LogP) is 4.49. The third-order valence-electron chi connectivity index (χ3n) is 5.89. The Bertz CT molecular complexity index is 1100. The Balaban J connectivity index is 1.50. The molecule has 3 aromatic rings. The van der Waals surface area contributed by atoms with Crippen LogP contribution in [0.2, 0.25) is 0 Å². The van der Waals surface area contributed by atoms with Crippen molar-refractivity contribution in [1.29, 1.82) is 0 Å². The molecule has 0 spiro atoms. The number of para-hydroxylation sites is 1. The number of rotatable bonds is 4. The van der Waals surface area contributed by atoms with Crippen molar-refractivity contribution in [3.8, 4) is 5.69 Å². The quantitative estimate of drug-likeness (QED) is 0.692. The van der Waals surface area contributed by atoms with Crippen LogP contribution in [0.1, 0.15) is 41.0 Å². The van der Waals surface area contributed by atoms with Crippen molar-refractivity contribution in [2.45, 2.75) is 32.1 Å². The molecule has 1 aliphatic heterocycles. The molecule has 0 saturated carbocycles. The molecule has 1 N–H and O–H groups in total. The minimum absolute atomic E-state index is 0.201. The molecular weight excluding hydrogens is 386 g/mol. The molecule has 154 valence electrons. The summed E-state index contributed by atoms with van der Waals surface area (Å²) in [6.45, 7) is 1.70. The van der Waals surface area contributed by atoms with E-state index in [1.165, 1.54) is 18.2 Å². The average Bonchev–Trinajstić information content (AvgIpc) is 3.48. The summed E-state index contributed by atoms with van der Waals surface area (Å²) in [6.07, 6.45) is 4.58. The van der Waals surface area contributed by atoms with E-state index >= 15 is 0 Å². The highest BCUT2D eigenvalue weighted by Gasteiger charge is 2.28. The van der Waals surface area contributed by atoms with Crippen LogP contribution in [0.3, 0.4) is 0 Å². The molecule has 0 radical (unpaired) electrons. The van der Waals surface area contributed by atoms with E-state index in [2.05, 4.69) is 15.3 Å². The molecule has 2 aromatic carbocycles. The molecule has 30 heavy (non-hydrogen) atoms. The smallest absolute Gasteiger partial charge is 0.276 e. The van der Waals surface area contributed by atoms with E-state index in [4.69, 9.17) is 0 Å². The standard InChI is InChI=1S/C23H22F2N4O/c24-15-9-11-16(12-10-15)29-19-7-3-5-17(19)21(27-29)23(30)26-22-18(25)6-4-8-20(22)28-13-1-2-14-28/h4,6,8-12H,1-3,5,7,13-14H2,(H,26,30). The van der Waals surface area contributed by atoms with Crippen molar-refractivity contribution in [3.63, 3.8) is 0 Å². The maximum absolute atomic E-state index is 14.7. The summed E-state index contributed by atoms with van der Waals surface area (Å²) in [7, 11) is 0. The first-order valence-corrected chi connectivity index (χ1v) is 10.3. The fraction of sp³-hybridized carbons (Fsp3) is 0.304. The topological polar surface area (TPSA) is 50.2 Å². The Labute approximate surface area is 173 Å². The van der Waals surface area contributed by atoms with Crippen LogP contribution in [-0.4, -0.2) is 28.8 Å². The van der Waals surface area contributed by atoms with Crippen molar-refractivity contribution in [1.82, 2.24) is 9.78 Å². The molecule has 2 aliphatic rings. The van der Waals surface area contributed by atoms with Gasteiger partial charge in [-0.05, 0) is 68.5 Å². The second-order valence-electron chi connectivity index (χ2n) is 7.80. The summed E-state index contributed by atoms with van der Waals surface area (Å²) in [4.78, 5) is 15.3. The molecule has 1 amide bonds. The number of halogens is 2. The van der Waals surface area contributed by atoms with E-state index in [1.54, 1.807) is 22.9 Å². The molecular formula is C23H22F2N4O. The molecule has 2 heterocycles. The number of carbonyl (C=O) groups is 1. The fourth-order valence-corrected chi connectivity index (χ4v) is 4.45. The van der Waals surface area contributed by atoms with Gasteiger partial charge in [0.1, 0.15) is 17.3 Å². The normalized spacial score (nSPS) is 15.5. The minimum Gasteiger partial charge on any atom is -0.370 e. The first kappa shape index (κ1) is 18.8. The van der Waals surface area contributed by atoms with Crippen LogP contribution in [-0.2, 0) is 12.8 Å². The number of nitrogens with zero attached hydrogens (tertiary/aromatic N) is 3. The molecule has 5 nitrogen and oxygen atoms in total. The highest BCUT2D eigenvalue weighted by Crippen LogP contribution is 2.33. The third-order valence-corrected chi connectivity index (χ3v) is 5.89. The first-order valence-electron chi connectivity index (χ1n) is 10.3. The Morgan fingerprint density at radius 2 is 1.73 bits per heavy atom. The summed E-state index contributed by atoms with van der Waals surface area (Å²) >= 11 is 0. The van der Waals surface area contributed by atoms with Crippen LogP contribution >= 0.6 is 0 Å². The number of hydrogen-bond acceptors (Lipinski definition) is 3. The highest BCUT2D eigenvalue weighted by atomic mass is 19.1. The molecule has 0 bridgehead atoms.